The van der Waals surface area contributed by atoms with Gasteiger partial charge >= 0.3 is 0 Å². The lowest BCUT2D eigenvalue weighted by molar-refractivity contribution is -0.108. The highest BCUT2D eigenvalue weighted by atomic mass is 16.1. The van der Waals surface area contributed by atoms with Crippen LogP contribution in [-0.4, -0.2) is 10.9 Å². The summed E-state index contributed by atoms with van der Waals surface area (Å²) in [5.74, 6) is 0. The first-order valence-corrected chi connectivity index (χ1v) is 2.87. The summed E-state index contributed by atoms with van der Waals surface area (Å²) in [4.78, 5) is 10.0. The van der Waals surface area contributed by atoms with Crippen molar-refractivity contribution in [3.05, 3.63) is 24.0 Å². The molecule has 1 heterocycles. The molecule has 50 valence electrons. The minimum atomic E-state index is 0.260. The molecule has 0 radical (unpaired) electrons. The first kappa shape index (κ1) is 6.56. The number of carbonyl (C=O) groups excluding carboxylic acids is 1. The molecule has 1 rings (SSSR count). The van der Waals surface area contributed by atoms with Crippen LogP contribution in [0.1, 0.15) is 5.69 Å². The molecule has 10 heavy (non-hydrogen) atoms. The number of carbonyl (C=O) groups is 1. The van der Waals surface area contributed by atoms with E-state index in [1.807, 2.05) is 6.07 Å². The monoisotopic (exact) mass is 134 g/mol. The highest BCUT2D eigenvalue weighted by Gasteiger charge is 1.95. The van der Waals surface area contributed by atoms with Crippen molar-refractivity contribution in [3.63, 3.8) is 0 Å². The first-order chi connectivity index (χ1) is 4.88. The average Bonchev–Trinajstić information content (AvgIpc) is 2.36. The van der Waals surface area contributed by atoms with Gasteiger partial charge < -0.3 is 9.36 Å². The number of hydrogen-bond donors (Lipinski definition) is 0. The SMILES string of the molecule is N#Cc1cccn1CC=O. The Bertz CT molecular complexity index is 269. The van der Waals surface area contributed by atoms with Gasteiger partial charge in [0.1, 0.15) is 18.0 Å². The maximum Gasteiger partial charge on any atom is 0.139 e. The number of nitrogens with zero attached hydrogens (tertiary/aromatic N) is 2. The van der Waals surface area contributed by atoms with Crippen molar-refractivity contribution >= 4 is 6.29 Å². The highest BCUT2D eigenvalue weighted by molar-refractivity contribution is 5.50. The van der Waals surface area contributed by atoms with E-state index < -0.39 is 0 Å². The minimum absolute atomic E-state index is 0.260. The molecule has 1 aromatic heterocycles. The van der Waals surface area contributed by atoms with Gasteiger partial charge in [0.15, 0.2) is 0 Å². The largest absolute Gasteiger partial charge is 0.332 e. The normalized spacial score (nSPS) is 8.70. The molecule has 0 N–H and O–H groups in total. The van der Waals surface area contributed by atoms with E-state index in [4.69, 9.17) is 5.26 Å². The number of aldehydes is 1. The van der Waals surface area contributed by atoms with Crippen LogP contribution in [0.3, 0.4) is 0 Å². The van der Waals surface area contributed by atoms with E-state index in [0.717, 1.165) is 6.29 Å². The Balaban J connectivity index is 2.92. The summed E-state index contributed by atoms with van der Waals surface area (Å²) in [5.41, 5.74) is 0.520. The molecule has 0 unspecified atom stereocenters. The predicted octanol–water partition coefficient (Wildman–Crippen LogP) is 0.559. The van der Waals surface area contributed by atoms with Crippen LogP contribution in [0.15, 0.2) is 18.3 Å². The summed E-state index contributed by atoms with van der Waals surface area (Å²) in [6.07, 6.45) is 2.47. The Morgan fingerprint density at radius 2 is 2.60 bits per heavy atom. The molecular weight excluding hydrogens is 128 g/mol. The van der Waals surface area contributed by atoms with Gasteiger partial charge in [-0.3, -0.25) is 0 Å². The number of nitriles is 1. The van der Waals surface area contributed by atoms with E-state index in [9.17, 15) is 4.79 Å². The van der Waals surface area contributed by atoms with Crippen LogP contribution >= 0.6 is 0 Å². The van der Waals surface area contributed by atoms with Crippen LogP contribution in [0.5, 0.6) is 0 Å². The average molecular weight is 134 g/mol. The zero-order valence-electron chi connectivity index (χ0n) is 5.32. The van der Waals surface area contributed by atoms with E-state index >= 15 is 0 Å². The third-order valence-electron chi connectivity index (χ3n) is 1.22. The third-order valence-corrected chi connectivity index (χ3v) is 1.22. The zero-order valence-corrected chi connectivity index (χ0v) is 5.32. The zero-order chi connectivity index (χ0) is 7.40. The van der Waals surface area contributed by atoms with E-state index in [-0.39, 0.29) is 6.54 Å². The summed E-state index contributed by atoms with van der Waals surface area (Å²) in [6.45, 7) is 0.260. The summed E-state index contributed by atoms with van der Waals surface area (Å²) in [7, 11) is 0. The van der Waals surface area contributed by atoms with E-state index in [1.165, 1.54) is 0 Å². The van der Waals surface area contributed by atoms with E-state index in [1.54, 1.807) is 22.9 Å². The third kappa shape index (κ3) is 1.06. The number of hydrogen-bond acceptors (Lipinski definition) is 2. The smallest absolute Gasteiger partial charge is 0.139 e. The maximum absolute atomic E-state index is 10.0. The molecule has 1 aromatic rings. The van der Waals surface area contributed by atoms with Gasteiger partial charge in [-0.1, -0.05) is 0 Å². The summed E-state index contributed by atoms with van der Waals surface area (Å²) >= 11 is 0. The van der Waals surface area contributed by atoms with Gasteiger partial charge in [-0.15, -0.1) is 0 Å². The Hall–Kier alpha value is -1.56. The van der Waals surface area contributed by atoms with Gasteiger partial charge in [0.25, 0.3) is 0 Å². The summed E-state index contributed by atoms with van der Waals surface area (Å²) < 4.78 is 1.59. The van der Waals surface area contributed by atoms with Crippen LogP contribution in [0.25, 0.3) is 0 Å². The van der Waals surface area contributed by atoms with Gasteiger partial charge in [0, 0.05) is 6.20 Å². The quantitative estimate of drug-likeness (QED) is 0.555. The van der Waals surface area contributed by atoms with Gasteiger partial charge in [0.05, 0.1) is 6.54 Å². The van der Waals surface area contributed by atoms with Crippen molar-refractivity contribution < 1.29 is 4.79 Å². The van der Waals surface area contributed by atoms with Crippen molar-refractivity contribution in [2.45, 2.75) is 6.54 Å². The lowest BCUT2D eigenvalue weighted by Gasteiger charge is -1.94. The summed E-state index contributed by atoms with van der Waals surface area (Å²) in [5, 5.41) is 8.45. The van der Waals surface area contributed by atoms with Crippen LogP contribution in [0.2, 0.25) is 0 Å². The Kier molecular flexibility index (Phi) is 1.86. The van der Waals surface area contributed by atoms with Crippen molar-refractivity contribution in [2.24, 2.45) is 0 Å². The molecule has 0 fully saturated rings. The molecule has 0 spiro atoms. The Morgan fingerprint density at radius 1 is 1.80 bits per heavy atom. The minimum Gasteiger partial charge on any atom is -0.332 e. The molecule has 0 aliphatic rings. The molecule has 0 aliphatic carbocycles. The van der Waals surface area contributed by atoms with Gasteiger partial charge in [-0.25, -0.2) is 0 Å². The van der Waals surface area contributed by atoms with Crippen molar-refractivity contribution in [1.82, 2.24) is 4.57 Å². The molecule has 0 saturated heterocycles. The molecule has 0 aliphatic heterocycles. The molecular formula is C7H6N2O. The van der Waals surface area contributed by atoms with Gasteiger partial charge in [0.2, 0.25) is 0 Å². The number of aromatic nitrogens is 1. The fraction of sp³-hybridized carbons (Fsp3) is 0.143. The first-order valence-electron chi connectivity index (χ1n) is 2.87. The van der Waals surface area contributed by atoms with Gasteiger partial charge in [-0.05, 0) is 12.1 Å². The fourth-order valence-corrected chi connectivity index (χ4v) is 0.755. The molecule has 0 bridgehead atoms. The van der Waals surface area contributed by atoms with Crippen molar-refractivity contribution in [3.8, 4) is 6.07 Å². The van der Waals surface area contributed by atoms with Crippen LogP contribution in [-0.2, 0) is 11.3 Å². The Morgan fingerprint density at radius 3 is 3.20 bits per heavy atom. The summed E-state index contributed by atoms with van der Waals surface area (Å²) in [6, 6.07) is 5.37. The second kappa shape index (κ2) is 2.83. The highest BCUT2D eigenvalue weighted by Crippen LogP contribution is 1.97. The lowest BCUT2D eigenvalue weighted by atomic mass is 10.5. The molecule has 0 atom stereocenters. The lowest BCUT2D eigenvalue weighted by Crippen LogP contribution is -1.98. The van der Waals surface area contributed by atoms with Crippen molar-refractivity contribution in [2.75, 3.05) is 0 Å². The number of rotatable bonds is 2. The molecule has 0 amide bonds. The van der Waals surface area contributed by atoms with Crippen LogP contribution in [0, 0.1) is 11.3 Å². The standard InChI is InChI=1S/C7H6N2O/c8-6-7-2-1-3-9(7)4-5-10/h1-3,5H,4H2. The second-order valence-electron chi connectivity index (χ2n) is 1.82. The van der Waals surface area contributed by atoms with E-state index in [0.29, 0.717) is 5.69 Å². The molecule has 0 saturated carbocycles. The van der Waals surface area contributed by atoms with E-state index in [2.05, 4.69) is 0 Å². The fourth-order valence-electron chi connectivity index (χ4n) is 0.755. The maximum atomic E-state index is 10.0. The topological polar surface area (TPSA) is 45.8 Å². The van der Waals surface area contributed by atoms with Crippen LogP contribution < -0.4 is 0 Å². The van der Waals surface area contributed by atoms with Crippen molar-refractivity contribution in [1.29, 1.82) is 5.26 Å². The predicted molar refractivity (Wildman–Crippen MR) is 35.2 cm³/mol. The van der Waals surface area contributed by atoms with Crippen LogP contribution in [0.4, 0.5) is 0 Å². The molecule has 3 nitrogen and oxygen atoms in total. The van der Waals surface area contributed by atoms with Gasteiger partial charge in [-0.2, -0.15) is 5.26 Å². The second-order valence-corrected chi connectivity index (χ2v) is 1.82. The Labute approximate surface area is 58.5 Å². The molecule has 3 heteroatoms. The molecule has 0 aromatic carbocycles.